The van der Waals surface area contributed by atoms with Crippen LogP contribution in [0.5, 0.6) is 0 Å². The minimum Gasteiger partial charge on any atom is -0.468 e. The molecule has 0 heterocycles. The molecule has 0 spiro atoms. The van der Waals surface area contributed by atoms with Crippen LogP contribution in [0.25, 0.3) is 0 Å². The Bertz CT molecular complexity index is 345. The number of hydrogen-bond acceptors (Lipinski definition) is 6. The quantitative estimate of drug-likeness (QED) is 0.614. The van der Waals surface area contributed by atoms with Crippen molar-refractivity contribution in [3.8, 4) is 0 Å². The molecule has 94 valence electrons. The van der Waals surface area contributed by atoms with Crippen molar-refractivity contribution in [3.05, 3.63) is 0 Å². The van der Waals surface area contributed by atoms with E-state index in [1.54, 1.807) is 6.92 Å². The molecule has 0 aliphatic carbocycles. The first kappa shape index (κ1) is 14.9. The number of sulfone groups is 1. The number of methoxy groups -OCH3 is 1. The number of esters is 2. The molecule has 0 aromatic carbocycles. The highest BCUT2D eigenvalue weighted by atomic mass is 32.2. The van der Waals surface area contributed by atoms with Crippen molar-refractivity contribution >= 4 is 21.8 Å². The maximum atomic E-state index is 11.6. The lowest BCUT2D eigenvalue weighted by molar-refractivity contribution is -0.142. The molecule has 0 fully saturated rings. The van der Waals surface area contributed by atoms with Gasteiger partial charge in [0.1, 0.15) is 5.75 Å². The number of rotatable bonds is 6. The zero-order valence-corrected chi connectivity index (χ0v) is 10.4. The molecule has 0 aliphatic rings. The molecule has 0 rings (SSSR count). The summed E-state index contributed by atoms with van der Waals surface area (Å²) in [6.07, 6.45) is 0.0676. The third kappa shape index (κ3) is 4.18. The minimum atomic E-state index is -3.85. The number of ether oxygens (including phenoxy) is 2. The molecule has 6 nitrogen and oxygen atoms in total. The minimum absolute atomic E-state index is 0.0676. The molecule has 0 N–H and O–H groups in total. The standard InChI is InChI=1S/C9H16O6S/c1-4-7(9(11)15-5-2)16(12,13)6-8(10)14-3/h7H,4-6H2,1-3H3. The molecule has 0 radical (unpaired) electrons. The third-order valence-corrected chi connectivity index (χ3v) is 3.93. The second-order valence-electron chi connectivity index (χ2n) is 3.03. The summed E-state index contributed by atoms with van der Waals surface area (Å²) in [5.41, 5.74) is 0. The van der Waals surface area contributed by atoms with E-state index in [0.717, 1.165) is 7.11 Å². The van der Waals surface area contributed by atoms with Gasteiger partial charge in [0.15, 0.2) is 15.1 Å². The van der Waals surface area contributed by atoms with Gasteiger partial charge in [-0.2, -0.15) is 0 Å². The molecule has 0 aromatic rings. The van der Waals surface area contributed by atoms with Crippen molar-refractivity contribution in [2.24, 2.45) is 0 Å². The van der Waals surface area contributed by atoms with Crippen LogP contribution in [-0.4, -0.2) is 45.1 Å². The van der Waals surface area contributed by atoms with Crippen molar-refractivity contribution in [2.45, 2.75) is 25.5 Å². The fourth-order valence-electron chi connectivity index (χ4n) is 1.13. The Morgan fingerprint density at radius 3 is 2.19 bits per heavy atom. The van der Waals surface area contributed by atoms with Gasteiger partial charge in [0.25, 0.3) is 0 Å². The monoisotopic (exact) mass is 252 g/mol. The first-order chi connectivity index (χ1) is 7.38. The van der Waals surface area contributed by atoms with Gasteiger partial charge in [-0.15, -0.1) is 0 Å². The summed E-state index contributed by atoms with van der Waals surface area (Å²) in [5.74, 6) is -2.52. The van der Waals surface area contributed by atoms with E-state index in [9.17, 15) is 18.0 Å². The Hall–Kier alpha value is -1.11. The maximum Gasteiger partial charge on any atom is 0.324 e. The lowest BCUT2D eigenvalue weighted by atomic mass is 10.3. The second-order valence-corrected chi connectivity index (χ2v) is 5.22. The van der Waals surface area contributed by atoms with Gasteiger partial charge in [-0.3, -0.25) is 9.59 Å². The first-order valence-corrected chi connectivity index (χ1v) is 6.55. The highest BCUT2D eigenvalue weighted by molar-refractivity contribution is 7.93. The van der Waals surface area contributed by atoms with E-state index in [1.165, 1.54) is 6.92 Å². The van der Waals surface area contributed by atoms with Crippen LogP contribution >= 0.6 is 0 Å². The van der Waals surface area contributed by atoms with Gasteiger partial charge < -0.3 is 9.47 Å². The van der Waals surface area contributed by atoms with Crippen LogP contribution in [-0.2, 0) is 28.9 Å². The molecule has 0 aromatic heterocycles. The van der Waals surface area contributed by atoms with Gasteiger partial charge in [-0.1, -0.05) is 6.92 Å². The molecule has 0 saturated heterocycles. The normalized spacial score (nSPS) is 12.9. The maximum absolute atomic E-state index is 11.6. The highest BCUT2D eigenvalue weighted by Gasteiger charge is 2.34. The molecule has 0 aliphatic heterocycles. The van der Waals surface area contributed by atoms with Crippen molar-refractivity contribution in [2.75, 3.05) is 19.5 Å². The molecule has 0 bridgehead atoms. The van der Waals surface area contributed by atoms with Gasteiger partial charge >= 0.3 is 11.9 Å². The Morgan fingerprint density at radius 2 is 1.81 bits per heavy atom. The predicted molar refractivity (Wildman–Crippen MR) is 56.5 cm³/mol. The zero-order valence-electron chi connectivity index (χ0n) is 9.56. The molecule has 1 atom stereocenters. The highest BCUT2D eigenvalue weighted by Crippen LogP contribution is 2.10. The molecule has 1 unspecified atom stereocenters. The average Bonchev–Trinajstić information content (AvgIpc) is 2.17. The lowest BCUT2D eigenvalue weighted by Gasteiger charge is -2.13. The summed E-state index contributed by atoms with van der Waals surface area (Å²) in [4.78, 5) is 22.2. The summed E-state index contributed by atoms with van der Waals surface area (Å²) >= 11 is 0. The Balaban J connectivity index is 4.81. The van der Waals surface area contributed by atoms with Crippen LogP contribution in [0.4, 0.5) is 0 Å². The Labute approximate surface area is 94.8 Å². The number of carbonyl (C=O) groups excluding carboxylic acids is 2. The van der Waals surface area contributed by atoms with Crippen LogP contribution in [0.2, 0.25) is 0 Å². The summed E-state index contributed by atoms with van der Waals surface area (Å²) in [6.45, 7) is 3.22. The van der Waals surface area contributed by atoms with E-state index in [0.29, 0.717) is 0 Å². The fraction of sp³-hybridized carbons (Fsp3) is 0.778. The van der Waals surface area contributed by atoms with Crippen molar-refractivity contribution in [1.29, 1.82) is 0 Å². The van der Waals surface area contributed by atoms with Crippen LogP contribution in [0.3, 0.4) is 0 Å². The van der Waals surface area contributed by atoms with Crippen molar-refractivity contribution in [3.63, 3.8) is 0 Å². The van der Waals surface area contributed by atoms with Crippen LogP contribution in [0.1, 0.15) is 20.3 Å². The fourth-order valence-corrected chi connectivity index (χ4v) is 2.64. The van der Waals surface area contributed by atoms with E-state index < -0.39 is 32.8 Å². The van der Waals surface area contributed by atoms with Crippen molar-refractivity contribution < 1.29 is 27.5 Å². The third-order valence-electron chi connectivity index (χ3n) is 1.90. The zero-order chi connectivity index (χ0) is 12.8. The number of carbonyl (C=O) groups is 2. The summed E-state index contributed by atoms with van der Waals surface area (Å²) in [6, 6.07) is 0. The Kier molecular flexibility index (Phi) is 6.02. The lowest BCUT2D eigenvalue weighted by Crippen LogP contribution is -2.35. The van der Waals surface area contributed by atoms with E-state index in [4.69, 9.17) is 0 Å². The van der Waals surface area contributed by atoms with Gasteiger partial charge in [0.2, 0.25) is 0 Å². The first-order valence-electron chi connectivity index (χ1n) is 4.84. The number of hydrogen-bond donors (Lipinski definition) is 0. The van der Waals surface area contributed by atoms with Gasteiger partial charge in [0.05, 0.1) is 13.7 Å². The van der Waals surface area contributed by atoms with Gasteiger partial charge in [-0.05, 0) is 13.3 Å². The van der Waals surface area contributed by atoms with E-state index in [1.807, 2.05) is 0 Å². The van der Waals surface area contributed by atoms with E-state index in [2.05, 4.69) is 9.47 Å². The SMILES string of the molecule is CCOC(=O)C(CC)S(=O)(=O)CC(=O)OC. The molecule has 0 amide bonds. The predicted octanol–water partition coefficient (Wildman–Crippen LogP) is -0.0841. The Morgan fingerprint density at radius 1 is 1.25 bits per heavy atom. The van der Waals surface area contributed by atoms with Gasteiger partial charge in [-0.25, -0.2) is 8.42 Å². The van der Waals surface area contributed by atoms with Crippen LogP contribution < -0.4 is 0 Å². The van der Waals surface area contributed by atoms with Crippen LogP contribution in [0, 0.1) is 0 Å². The molecular formula is C9H16O6S. The topological polar surface area (TPSA) is 86.7 Å². The largest absolute Gasteiger partial charge is 0.468 e. The summed E-state index contributed by atoms with van der Waals surface area (Å²) < 4.78 is 32.2. The van der Waals surface area contributed by atoms with E-state index in [-0.39, 0.29) is 13.0 Å². The smallest absolute Gasteiger partial charge is 0.324 e. The molecule has 7 heteroatoms. The average molecular weight is 252 g/mol. The molecule has 0 saturated carbocycles. The molecule has 16 heavy (non-hydrogen) atoms. The molecular weight excluding hydrogens is 236 g/mol. The van der Waals surface area contributed by atoms with Crippen molar-refractivity contribution in [1.82, 2.24) is 0 Å². The van der Waals surface area contributed by atoms with Crippen LogP contribution in [0.15, 0.2) is 0 Å². The second kappa shape index (κ2) is 6.47. The summed E-state index contributed by atoms with van der Waals surface area (Å²) in [7, 11) is -2.77. The summed E-state index contributed by atoms with van der Waals surface area (Å²) in [5, 5.41) is -1.30. The van der Waals surface area contributed by atoms with E-state index >= 15 is 0 Å². The van der Waals surface area contributed by atoms with Gasteiger partial charge in [0, 0.05) is 0 Å².